The second-order valence-electron chi connectivity index (χ2n) is 6.38. The Morgan fingerprint density at radius 2 is 1.90 bits per heavy atom. The Hall–Kier alpha value is -3.13. The number of aromatic nitrogens is 3. The first-order valence-corrected chi connectivity index (χ1v) is 8.93. The quantitative estimate of drug-likeness (QED) is 0.483. The number of anilines is 1. The molecular formula is C20H14ClF3N4O. The maximum atomic E-state index is 13.8. The molecule has 1 aliphatic heterocycles. The van der Waals surface area contributed by atoms with Gasteiger partial charge in [-0.2, -0.15) is 13.2 Å². The van der Waals surface area contributed by atoms with Crippen LogP contribution in [0.25, 0.3) is 22.2 Å². The van der Waals surface area contributed by atoms with Crippen LogP contribution in [0.4, 0.5) is 19.0 Å². The van der Waals surface area contributed by atoms with Gasteiger partial charge in [0.05, 0.1) is 23.7 Å². The normalized spacial score (nSPS) is 14.6. The number of hydrogen-bond acceptors (Lipinski definition) is 5. The molecule has 3 heterocycles. The third-order valence-electron chi connectivity index (χ3n) is 4.44. The summed E-state index contributed by atoms with van der Waals surface area (Å²) in [5.41, 5.74) is 0.325. The number of nitrogens with zero attached hydrogens (tertiary/aromatic N) is 3. The first-order chi connectivity index (χ1) is 13.8. The molecule has 1 N–H and O–H groups in total. The van der Waals surface area contributed by atoms with Gasteiger partial charge in [-0.3, -0.25) is 0 Å². The number of pyridine rings is 1. The molecule has 0 saturated carbocycles. The molecule has 29 heavy (non-hydrogen) atoms. The number of rotatable bonds is 0. The van der Waals surface area contributed by atoms with Gasteiger partial charge in [-0.05, 0) is 17.7 Å². The van der Waals surface area contributed by atoms with Crippen molar-refractivity contribution in [2.24, 2.45) is 0 Å². The Morgan fingerprint density at radius 1 is 1.14 bits per heavy atom. The van der Waals surface area contributed by atoms with Gasteiger partial charge >= 0.3 is 6.18 Å². The van der Waals surface area contributed by atoms with E-state index in [0.717, 1.165) is 0 Å². The van der Waals surface area contributed by atoms with Crippen molar-refractivity contribution in [3.05, 3.63) is 65.7 Å². The van der Waals surface area contributed by atoms with Crippen LogP contribution in [0, 0.1) is 0 Å². The maximum Gasteiger partial charge on any atom is 0.420 e. The second kappa shape index (κ2) is 7.04. The zero-order valence-electron chi connectivity index (χ0n) is 15.0. The number of ether oxygens (including phenoxy) is 1. The number of halogens is 4. The van der Waals surface area contributed by atoms with Crippen LogP contribution in [0.15, 0.2) is 43.6 Å². The lowest BCUT2D eigenvalue weighted by atomic mass is 10.1. The molecule has 2 bridgehead atoms. The van der Waals surface area contributed by atoms with Gasteiger partial charge in [-0.15, -0.1) is 0 Å². The maximum absolute atomic E-state index is 13.8. The van der Waals surface area contributed by atoms with Crippen LogP contribution in [-0.4, -0.2) is 21.6 Å². The topological polar surface area (TPSA) is 59.9 Å². The molecule has 1 aliphatic rings. The van der Waals surface area contributed by atoms with E-state index in [2.05, 4.69) is 33.4 Å². The van der Waals surface area contributed by atoms with E-state index < -0.39 is 16.9 Å². The van der Waals surface area contributed by atoms with Gasteiger partial charge in [0.2, 0.25) is 0 Å². The van der Waals surface area contributed by atoms with Crippen molar-refractivity contribution in [2.75, 3.05) is 11.9 Å². The summed E-state index contributed by atoms with van der Waals surface area (Å²) in [5, 5.41) is 1.92. The lowest BCUT2D eigenvalue weighted by molar-refractivity contribution is -0.136. The van der Waals surface area contributed by atoms with E-state index in [1.165, 1.54) is 6.20 Å². The van der Waals surface area contributed by atoms with Crippen molar-refractivity contribution in [1.29, 1.82) is 0 Å². The number of fused-ring (bicyclic) bond motifs is 5. The fraction of sp³-hybridized carbons (Fsp3) is 0.150. The SMILES string of the molecule is C=C1CCOc2ccccc2C(=C)Nc2nc1nc1cnc(Cl)c(C(F)(F)F)c21. The van der Waals surface area contributed by atoms with E-state index in [4.69, 9.17) is 16.3 Å². The molecule has 2 aromatic heterocycles. The van der Waals surface area contributed by atoms with Crippen LogP contribution in [-0.2, 0) is 6.18 Å². The van der Waals surface area contributed by atoms with Crippen molar-refractivity contribution in [3.8, 4) is 5.75 Å². The minimum atomic E-state index is -4.75. The van der Waals surface area contributed by atoms with Crippen LogP contribution < -0.4 is 10.1 Å². The molecular weight excluding hydrogens is 405 g/mol. The summed E-state index contributed by atoms with van der Waals surface area (Å²) in [7, 11) is 0. The van der Waals surface area contributed by atoms with Gasteiger partial charge in [0, 0.05) is 17.7 Å². The minimum absolute atomic E-state index is 0.00312. The Kier molecular flexibility index (Phi) is 4.66. The van der Waals surface area contributed by atoms with E-state index in [1.807, 2.05) is 0 Å². The van der Waals surface area contributed by atoms with Gasteiger partial charge in [-0.1, -0.05) is 36.9 Å². The van der Waals surface area contributed by atoms with Gasteiger partial charge in [0.25, 0.3) is 0 Å². The molecule has 0 unspecified atom stereocenters. The van der Waals surface area contributed by atoms with Crippen LogP contribution in [0.1, 0.15) is 23.4 Å². The second-order valence-corrected chi connectivity index (χ2v) is 6.74. The Labute approximate surface area is 168 Å². The smallest absolute Gasteiger partial charge is 0.420 e. The van der Waals surface area contributed by atoms with Gasteiger partial charge in [0.15, 0.2) is 5.82 Å². The van der Waals surface area contributed by atoms with Crippen molar-refractivity contribution >= 4 is 39.6 Å². The number of alkyl halides is 3. The highest BCUT2D eigenvalue weighted by Crippen LogP contribution is 2.42. The van der Waals surface area contributed by atoms with Crippen molar-refractivity contribution in [1.82, 2.24) is 15.0 Å². The van der Waals surface area contributed by atoms with E-state index >= 15 is 0 Å². The van der Waals surface area contributed by atoms with E-state index in [0.29, 0.717) is 35.6 Å². The molecule has 0 radical (unpaired) electrons. The lowest BCUT2D eigenvalue weighted by Gasteiger charge is -2.17. The molecule has 0 atom stereocenters. The van der Waals surface area contributed by atoms with Gasteiger partial charge in [0.1, 0.15) is 22.3 Å². The molecule has 5 nitrogen and oxygen atoms in total. The summed E-state index contributed by atoms with van der Waals surface area (Å²) in [4.78, 5) is 12.2. The number of hydrogen-bond donors (Lipinski definition) is 1. The highest BCUT2D eigenvalue weighted by atomic mass is 35.5. The van der Waals surface area contributed by atoms with Crippen LogP contribution >= 0.6 is 11.6 Å². The lowest BCUT2D eigenvalue weighted by Crippen LogP contribution is -2.12. The summed E-state index contributed by atoms with van der Waals surface area (Å²) in [6.07, 6.45) is -3.18. The Balaban J connectivity index is 2.01. The predicted octanol–water partition coefficient (Wildman–Crippen LogP) is 5.58. The molecule has 4 rings (SSSR count). The summed E-state index contributed by atoms with van der Waals surface area (Å²) in [5.74, 6) is 0.657. The van der Waals surface area contributed by atoms with E-state index in [9.17, 15) is 13.2 Å². The Bertz CT molecular complexity index is 1160. The predicted molar refractivity (Wildman–Crippen MR) is 106 cm³/mol. The first kappa shape index (κ1) is 19.2. The molecule has 0 fully saturated rings. The molecule has 1 aromatic carbocycles. The van der Waals surface area contributed by atoms with Crippen LogP contribution in [0.2, 0.25) is 5.15 Å². The molecule has 148 valence electrons. The average Bonchev–Trinajstić information content (AvgIpc) is 2.68. The summed E-state index contributed by atoms with van der Waals surface area (Å²) >= 11 is 5.80. The minimum Gasteiger partial charge on any atom is -0.493 e. The fourth-order valence-electron chi connectivity index (χ4n) is 3.06. The van der Waals surface area contributed by atoms with Gasteiger partial charge < -0.3 is 10.1 Å². The van der Waals surface area contributed by atoms with E-state index in [-0.39, 0.29) is 22.5 Å². The van der Waals surface area contributed by atoms with Crippen molar-refractivity contribution in [2.45, 2.75) is 12.6 Å². The number of benzene rings is 1. The molecule has 0 spiro atoms. The molecule has 9 heteroatoms. The molecule has 3 aromatic rings. The largest absolute Gasteiger partial charge is 0.493 e. The summed E-state index contributed by atoms with van der Waals surface area (Å²) in [6, 6.07) is 7.08. The fourth-order valence-corrected chi connectivity index (χ4v) is 3.31. The molecule has 0 aliphatic carbocycles. The summed E-state index contributed by atoms with van der Waals surface area (Å²) < 4.78 is 47.1. The zero-order chi connectivity index (χ0) is 20.8. The average molecular weight is 419 g/mol. The Morgan fingerprint density at radius 3 is 2.66 bits per heavy atom. The number of para-hydroxylation sites is 1. The first-order valence-electron chi connectivity index (χ1n) is 8.55. The summed E-state index contributed by atoms with van der Waals surface area (Å²) in [6.45, 7) is 8.19. The third kappa shape index (κ3) is 3.51. The third-order valence-corrected chi connectivity index (χ3v) is 4.72. The number of nitrogens with one attached hydrogen (secondary N) is 1. The zero-order valence-corrected chi connectivity index (χ0v) is 15.7. The monoisotopic (exact) mass is 418 g/mol. The highest BCUT2D eigenvalue weighted by Gasteiger charge is 2.38. The van der Waals surface area contributed by atoms with Crippen LogP contribution in [0.5, 0.6) is 5.75 Å². The standard InChI is InChI=1S/C20H14ClF3N4O/c1-10-7-8-29-14-6-4-3-5-12(14)11(2)26-19-15-13(27-18(10)28-19)9-25-17(21)16(15)20(22,23)24/h3-6,9H,1-2,7-8H2,(H,26,27,28). The molecule has 0 amide bonds. The van der Waals surface area contributed by atoms with E-state index in [1.54, 1.807) is 24.3 Å². The van der Waals surface area contributed by atoms with Crippen LogP contribution in [0.3, 0.4) is 0 Å². The highest BCUT2D eigenvalue weighted by molar-refractivity contribution is 6.31. The van der Waals surface area contributed by atoms with Crippen molar-refractivity contribution in [3.63, 3.8) is 0 Å². The van der Waals surface area contributed by atoms with Crippen molar-refractivity contribution < 1.29 is 17.9 Å². The molecule has 0 saturated heterocycles. The van der Waals surface area contributed by atoms with Gasteiger partial charge in [-0.25, -0.2) is 15.0 Å².